The Hall–Kier alpha value is -2.00. The van der Waals surface area contributed by atoms with Crippen molar-refractivity contribution < 1.29 is 9.90 Å². The van der Waals surface area contributed by atoms with E-state index < -0.39 is 5.97 Å². The Morgan fingerprint density at radius 3 is 2.76 bits per heavy atom. The molecule has 0 radical (unpaired) electrons. The van der Waals surface area contributed by atoms with Crippen LogP contribution in [0.15, 0.2) is 42.5 Å². The Kier molecular flexibility index (Phi) is 3.60. The lowest BCUT2D eigenvalue weighted by Crippen LogP contribution is -2.31. The maximum absolute atomic E-state index is 11.5. The third kappa shape index (κ3) is 2.61. The monoisotopic (exact) mass is 301 g/mol. The van der Waals surface area contributed by atoms with Crippen molar-refractivity contribution in [1.29, 1.82) is 0 Å². The summed E-state index contributed by atoms with van der Waals surface area (Å²) in [4.78, 5) is 13.6. The molecule has 0 aromatic heterocycles. The van der Waals surface area contributed by atoms with E-state index in [1.165, 1.54) is 11.6 Å². The van der Waals surface area contributed by atoms with Gasteiger partial charge in [-0.15, -0.1) is 0 Å². The zero-order valence-corrected chi connectivity index (χ0v) is 12.5. The summed E-state index contributed by atoms with van der Waals surface area (Å²) in [6.45, 7) is 2.98. The summed E-state index contributed by atoms with van der Waals surface area (Å²) in [7, 11) is 0. The number of para-hydroxylation sites is 1. The summed E-state index contributed by atoms with van der Waals surface area (Å²) in [5, 5.41) is 9.89. The molecule has 2 aromatic carbocycles. The average molecular weight is 302 g/mol. The highest BCUT2D eigenvalue weighted by atomic mass is 35.5. The maximum Gasteiger partial charge on any atom is 0.337 e. The van der Waals surface area contributed by atoms with Gasteiger partial charge in [0.1, 0.15) is 0 Å². The van der Waals surface area contributed by atoms with Gasteiger partial charge < -0.3 is 10.0 Å². The first-order valence-electron chi connectivity index (χ1n) is 6.94. The minimum absolute atomic E-state index is 0.242. The second kappa shape index (κ2) is 5.41. The Balaban J connectivity index is 2.15. The minimum Gasteiger partial charge on any atom is -0.478 e. The standard InChI is InChI=1S/C17H16ClNO2/c1-11-8-12-4-2-3-5-15(12)19(10-11)16-7-6-13(18)9-14(16)17(20)21/h2-7,9,11H,8,10H2,1H3,(H,20,21). The molecule has 2 aromatic rings. The molecule has 1 N–H and O–H groups in total. The van der Waals surface area contributed by atoms with E-state index in [9.17, 15) is 9.90 Å². The predicted molar refractivity (Wildman–Crippen MR) is 84.7 cm³/mol. The minimum atomic E-state index is -0.955. The Labute approximate surface area is 128 Å². The first-order valence-corrected chi connectivity index (χ1v) is 7.32. The summed E-state index contributed by atoms with van der Waals surface area (Å²) in [5.74, 6) is -0.486. The van der Waals surface area contributed by atoms with Gasteiger partial charge in [-0.3, -0.25) is 0 Å². The molecule has 0 amide bonds. The Bertz CT molecular complexity index is 699. The number of anilines is 2. The quantitative estimate of drug-likeness (QED) is 0.895. The molecule has 1 heterocycles. The summed E-state index contributed by atoms with van der Waals surface area (Å²) >= 11 is 5.95. The molecule has 0 spiro atoms. The molecular weight excluding hydrogens is 286 g/mol. The van der Waals surface area contributed by atoms with Crippen LogP contribution in [0.25, 0.3) is 0 Å². The molecule has 108 valence electrons. The van der Waals surface area contributed by atoms with E-state index in [2.05, 4.69) is 17.9 Å². The van der Waals surface area contributed by atoms with Crippen LogP contribution in [0.1, 0.15) is 22.8 Å². The number of fused-ring (bicyclic) bond motifs is 1. The van der Waals surface area contributed by atoms with Crippen molar-refractivity contribution >= 4 is 28.9 Å². The molecule has 21 heavy (non-hydrogen) atoms. The smallest absolute Gasteiger partial charge is 0.337 e. The fraction of sp³-hybridized carbons (Fsp3) is 0.235. The molecule has 3 nitrogen and oxygen atoms in total. The zero-order chi connectivity index (χ0) is 15.0. The highest BCUT2D eigenvalue weighted by Crippen LogP contribution is 2.37. The molecule has 1 atom stereocenters. The molecule has 3 rings (SSSR count). The van der Waals surface area contributed by atoms with E-state index in [1.54, 1.807) is 12.1 Å². The Morgan fingerprint density at radius 1 is 1.24 bits per heavy atom. The molecule has 1 unspecified atom stereocenters. The fourth-order valence-corrected chi connectivity index (χ4v) is 3.11. The van der Waals surface area contributed by atoms with Gasteiger partial charge in [0.2, 0.25) is 0 Å². The third-order valence-corrected chi connectivity index (χ3v) is 4.06. The number of carbonyl (C=O) groups is 1. The topological polar surface area (TPSA) is 40.5 Å². The number of nitrogens with zero attached hydrogens (tertiary/aromatic N) is 1. The Morgan fingerprint density at radius 2 is 2.00 bits per heavy atom. The molecule has 0 bridgehead atoms. The summed E-state index contributed by atoms with van der Waals surface area (Å²) in [6.07, 6.45) is 1.02. The van der Waals surface area contributed by atoms with Crippen LogP contribution in [0.2, 0.25) is 5.02 Å². The van der Waals surface area contributed by atoms with Crippen LogP contribution < -0.4 is 4.90 Å². The maximum atomic E-state index is 11.5. The van der Waals surface area contributed by atoms with Crippen molar-refractivity contribution in [2.75, 3.05) is 11.4 Å². The lowest BCUT2D eigenvalue weighted by Gasteiger charge is -2.35. The highest BCUT2D eigenvalue weighted by Gasteiger charge is 2.25. The lowest BCUT2D eigenvalue weighted by atomic mass is 9.93. The van der Waals surface area contributed by atoms with Gasteiger partial charge in [-0.25, -0.2) is 4.79 Å². The number of benzene rings is 2. The number of halogens is 1. The van der Waals surface area contributed by atoms with E-state index in [0.29, 0.717) is 16.6 Å². The van der Waals surface area contributed by atoms with Crippen molar-refractivity contribution in [3.05, 3.63) is 58.6 Å². The van der Waals surface area contributed by atoms with Gasteiger partial charge >= 0.3 is 5.97 Å². The number of carboxylic acid groups (broad SMARTS) is 1. The van der Waals surface area contributed by atoms with Gasteiger partial charge in [-0.1, -0.05) is 36.7 Å². The number of hydrogen-bond donors (Lipinski definition) is 1. The number of hydrogen-bond acceptors (Lipinski definition) is 2. The second-order valence-electron chi connectivity index (χ2n) is 5.52. The lowest BCUT2D eigenvalue weighted by molar-refractivity contribution is 0.0697. The normalized spacial score (nSPS) is 17.4. The van der Waals surface area contributed by atoms with E-state index in [1.807, 2.05) is 18.2 Å². The summed E-state index contributed by atoms with van der Waals surface area (Å²) < 4.78 is 0. The van der Waals surface area contributed by atoms with Crippen LogP contribution in [0.3, 0.4) is 0 Å². The van der Waals surface area contributed by atoms with Crippen molar-refractivity contribution in [2.45, 2.75) is 13.3 Å². The van der Waals surface area contributed by atoms with E-state index in [-0.39, 0.29) is 5.56 Å². The van der Waals surface area contributed by atoms with Gasteiger partial charge in [-0.05, 0) is 42.2 Å². The second-order valence-corrected chi connectivity index (χ2v) is 5.95. The van der Waals surface area contributed by atoms with Gasteiger partial charge in [0.05, 0.1) is 11.3 Å². The number of rotatable bonds is 2. The zero-order valence-electron chi connectivity index (χ0n) is 11.7. The van der Waals surface area contributed by atoms with Gasteiger partial charge in [0, 0.05) is 17.3 Å². The largest absolute Gasteiger partial charge is 0.478 e. The van der Waals surface area contributed by atoms with Crippen molar-refractivity contribution in [3.63, 3.8) is 0 Å². The molecule has 4 heteroatoms. The molecule has 1 aliphatic rings. The number of carboxylic acids is 1. The average Bonchev–Trinajstić information content (AvgIpc) is 2.46. The van der Waals surface area contributed by atoms with Crippen LogP contribution in [-0.2, 0) is 6.42 Å². The molecule has 1 aliphatic heterocycles. The van der Waals surface area contributed by atoms with E-state index in [4.69, 9.17) is 11.6 Å². The van der Waals surface area contributed by atoms with E-state index in [0.717, 1.165) is 18.7 Å². The third-order valence-electron chi connectivity index (χ3n) is 3.82. The highest BCUT2D eigenvalue weighted by molar-refractivity contribution is 6.31. The van der Waals surface area contributed by atoms with Gasteiger partial charge in [0.25, 0.3) is 0 Å². The molecular formula is C17H16ClNO2. The van der Waals surface area contributed by atoms with Crippen molar-refractivity contribution in [1.82, 2.24) is 0 Å². The fourth-order valence-electron chi connectivity index (χ4n) is 2.94. The predicted octanol–water partition coefficient (Wildman–Crippen LogP) is 4.37. The number of aromatic carboxylic acids is 1. The van der Waals surface area contributed by atoms with Crippen LogP contribution in [0.4, 0.5) is 11.4 Å². The summed E-state index contributed by atoms with van der Waals surface area (Å²) in [5.41, 5.74) is 3.28. The van der Waals surface area contributed by atoms with Crippen LogP contribution >= 0.6 is 11.6 Å². The first kappa shape index (κ1) is 14.0. The van der Waals surface area contributed by atoms with Crippen molar-refractivity contribution in [2.24, 2.45) is 5.92 Å². The molecule has 0 aliphatic carbocycles. The molecule has 0 fully saturated rings. The van der Waals surface area contributed by atoms with Crippen LogP contribution in [-0.4, -0.2) is 17.6 Å². The van der Waals surface area contributed by atoms with Crippen LogP contribution in [0.5, 0.6) is 0 Å². The van der Waals surface area contributed by atoms with Gasteiger partial charge in [-0.2, -0.15) is 0 Å². The first-order chi connectivity index (χ1) is 10.1. The van der Waals surface area contributed by atoms with E-state index >= 15 is 0 Å². The molecule has 0 saturated heterocycles. The van der Waals surface area contributed by atoms with Gasteiger partial charge in [0.15, 0.2) is 0 Å². The molecule has 0 saturated carbocycles. The summed E-state index contributed by atoms with van der Waals surface area (Å²) in [6, 6.07) is 13.2. The van der Waals surface area contributed by atoms with Crippen molar-refractivity contribution in [3.8, 4) is 0 Å². The SMILES string of the molecule is CC1Cc2ccccc2N(c2ccc(Cl)cc2C(=O)O)C1. The van der Waals surface area contributed by atoms with Crippen LogP contribution in [0, 0.1) is 5.92 Å².